The predicted molar refractivity (Wildman–Crippen MR) is 127 cm³/mol. The van der Waals surface area contributed by atoms with E-state index in [0.717, 1.165) is 5.56 Å². The molecule has 2 rings (SSSR count). The highest BCUT2D eigenvalue weighted by Crippen LogP contribution is 2.29. The molecule has 0 saturated heterocycles. The van der Waals surface area contributed by atoms with E-state index in [0.29, 0.717) is 11.6 Å². The van der Waals surface area contributed by atoms with Gasteiger partial charge < -0.3 is 15.4 Å². The number of halogens is 1. The maximum atomic E-state index is 13.1. The molecule has 1 atom stereocenters. The Morgan fingerprint density at radius 1 is 1.26 bits per heavy atom. The van der Waals surface area contributed by atoms with Gasteiger partial charge in [0.2, 0.25) is 5.91 Å². The van der Waals surface area contributed by atoms with Gasteiger partial charge in [-0.1, -0.05) is 37.6 Å². The minimum absolute atomic E-state index is 0.0253. The van der Waals surface area contributed by atoms with Crippen LogP contribution < -0.4 is 21.9 Å². The molecule has 0 aliphatic carbocycles. The van der Waals surface area contributed by atoms with Crippen molar-refractivity contribution in [1.29, 1.82) is 0 Å². The van der Waals surface area contributed by atoms with Crippen molar-refractivity contribution in [2.75, 3.05) is 36.6 Å². The molecule has 1 aromatic heterocycles. The van der Waals surface area contributed by atoms with E-state index in [1.165, 1.54) is 28.3 Å². The second-order valence-corrected chi connectivity index (χ2v) is 9.31. The van der Waals surface area contributed by atoms with Crippen LogP contribution >= 0.6 is 23.4 Å². The second kappa shape index (κ2) is 11.4. The van der Waals surface area contributed by atoms with Crippen LogP contribution in [0.15, 0.2) is 33.9 Å². The number of nitrogens with one attached hydrogen (secondary N) is 1. The number of ether oxygens (including phenoxy) is 1. The fourth-order valence-electron chi connectivity index (χ4n) is 3.03. The summed E-state index contributed by atoms with van der Waals surface area (Å²) >= 11 is 7.37. The lowest BCUT2D eigenvalue weighted by molar-refractivity contribution is -0.116. The molecule has 0 bridgehead atoms. The first-order chi connectivity index (χ1) is 14.6. The molecule has 31 heavy (non-hydrogen) atoms. The first kappa shape index (κ1) is 25.0. The maximum absolute atomic E-state index is 13.1. The summed E-state index contributed by atoms with van der Waals surface area (Å²) in [5.74, 6) is -0.0782. The lowest BCUT2D eigenvalue weighted by Gasteiger charge is -2.25. The molecule has 3 N–H and O–H groups in total. The van der Waals surface area contributed by atoms with Gasteiger partial charge in [0.1, 0.15) is 5.82 Å². The molecule has 0 aliphatic heterocycles. The van der Waals surface area contributed by atoms with Gasteiger partial charge in [-0.05, 0) is 30.5 Å². The number of rotatable bonds is 10. The number of nitrogens with zero attached hydrogens (tertiary/aromatic N) is 2. The van der Waals surface area contributed by atoms with E-state index in [4.69, 9.17) is 22.1 Å². The van der Waals surface area contributed by atoms with E-state index in [9.17, 15) is 14.4 Å². The average Bonchev–Trinajstić information content (AvgIpc) is 2.71. The molecule has 0 aliphatic rings. The van der Waals surface area contributed by atoms with Crippen molar-refractivity contribution >= 4 is 40.8 Å². The zero-order valence-corrected chi connectivity index (χ0v) is 19.8. The van der Waals surface area contributed by atoms with Gasteiger partial charge in [0.15, 0.2) is 5.69 Å². The van der Waals surface area contributed by atoms with E-state index in [1.807, 2.05) is 32.9 Å². The summed E-state index contributed by atoms with van der Waals surface area (Å²) in [7, 11) is 1.51. The van der Waals surface area contributed by atoms with Gasteiger partial charge >= 0.3 is 5.69 Å². The second-order valence-electron chi connectivity index (χ2n) is 7.54. The number of nitrogen functional groups attached to an aromatic ring is 1. The van der Waals surface area contributed by atoms with Crippen LogP contribution in [-0.2, 0) is 16.1 Å². The van der Waals surface area contributed by atoms with Crippen LogP contribution in [0.3, 0.4) is 0 Å². The number of thioether (sulfide) groups is 1. The smallest absolute Gasteiger partial charge is 0.330 e. The number of carbonyl (C=O) groups excluding carboxylic acids is 1. The highest BCUT2D eigenvalue weighted by Gasteiger charge is 2.25. The SMILES string of the molecule is COCCN(C(=O)CSC(C)c1ccc(Cl)cc1)c1c(N)n(CC(C)C)c(=O)[nH]c1=O. The molecule has 8 nitrogen and oxygen atoms in total. The lowest BCUT2D eigenvalue weighted by atomic mass is 10.2. The molecule has 10 heteroatoms. The number of hydrogen-bond donors (Lipinski definition) is 2. The van der Waals surface area contributed by atoms with Crippen molar-refractivity contribution in [3.05, 3.63) is 55.7 Å². The Kier molecular flexibility index (Phi) is 9.21. The molecule has 0 fully saturated rings. The first-order valence-corrected chi connectivity index (χ1v) is 11.4. The number of aromatic amines is 1. The van der Waals surface area contributed by atoms with Crippen molar-refractivity contribution in [1.82, 2.24) is 9.55 Å². The van der Waals surface area contributed by atoms with Crippen molar-refractivity contribution in [3.63, 3.8) is 0 Å². The third-order valence-corrected chi connectivity index (χ3v) is 6.09. The molecular weight excluding hydrogens is 440 g/mol. The molecule has 2 aromatic rings. The first-order valence-electron chi connectivity index (χ1n) is 9.94. The van der Waals surface area contributed by atoms with E-state index < -0.39 is 11.2 Å². The van der Waals surface area contributed by atoms with Gasteiger partial charge in [0, 0.05) is 30.5 Å². The van der Waals surface area contributed by atoms with E-state index >= 15 is 0 Å². The van der Waals surface area contributed by atoms with Crippen LogP contribution in [0.5, 0.6) is 0 Å². The summed E-state index contributed by atoms with van der Waals surface area (Å²) in [6.07, 6.45) is 0. The van der Waals surface area contributed by atoms with Crippen LogP contribution in [0.25, 0.3) is 0 Å². The molecule has 1 amide bonds. The van der Waals surface area contributed by atoms with Crippen LogP contribution in [-0.4, -0.2) is 41.5 Å². The number of anilines is 2. The van der Waals surface area contributed by atoms with Crippen molar-refractivity contribution in [3.8, 4) is 0 Å². The van der Waals surface area contributed by atoms with Gasteiger partial charge in [-0.25, -0.2) is 4.79 Å². The molecular formula is C21H29ClN4O4S. The van der Waals surface area contributed by atoms with Gasteiger partial charge in [0.25, 0.3) is 5.56 Å². The minimum atomic E-state index is -0.692. The molecule has 1 heterocycles. The molecule has 0 saturated carbocycles. The Morgan fingerprint density at radius 3 is 2.48 bits per heavy atom. The van der Waals surface area contributed by atoms with Crippen LogP contribution in [0.1, 0.15) is 31.6 Å². The Bertz CT molecular complexity index is 1000. The number of methoxy groups -OCH3 is 1. The highest BCUT2D eigenvalue weighted by atomic mass is 35.5. The summed E-state index contributed by atoms with van der Waals surface area (Å²) in [5, 5.41) is 0.685. The molecule has 1 unspecified atom stereocenters. The van der Waals surface area contributed by atoms with E-state index in [2.05, 4.69) is 4.98 Å². The third kappa shape index (κ3) is 6.62. The fraction of sp³-hybridized carbons (Fsp3) is 0.476. The minimum Gasteiger partial charge on any atom is -0.383 e. The van der Waals surface area contributed by atoms with E-state index in [1.54, 1.807) is 12.1 Å². The van der Waals surface area contributed by atoms with Gasteiger partial charge in [-0.15, -0.1) is 11.8 Å². The topological polar surface area (TPSA) is 110 Å². The van der Waals surface area contributed by atoms with Gasteiger partial charge in [-0.3, -0.25) is 19.1 Å². The molecule has 0 spiro atoms. The van der Waals surface area contributed by atoms with Gasteiger partial charge in [0.05, 0.1) is 12.4 Å². The summed E-state index contributed by atoms with van der Waals surface area (Å²) < 4.78 is 6.40. The fourth-order valence-corrected chi connectivity index (χ4v) is 4.06. The van der Waals surface area contributed by atoms with Crippen molar-refractivity contribution in [2.24, 2.45) is 5.92 Å². The number of H-pyrrole nitrogens is 1. The standard InChI is InChI=1S/C21H29ClN4O4S/c1-13(2)11-26-19(23)18(20(28)24-21(26)29)25(9-10-30-4)17(27)12-31-14(3)15-5-7-16(22)8-6-15/h5-8,13-14H,9-12,23H2,1-4H3,(H,24,28,29). The number of amides is 1. The summed E-state index contributed by atoms with van der Waals surface area (Å²) in [5.41, 5.74) is 5.92. The molecule has 170 valence electrons. The van der Waals surface area contributed by atoms with Gasteiger partial charge in [-0.2, -0.15) is 0 Å². The summed E-state index contributed by atoms with van der Waals surface area (Å²) in [6, 6.07) is 7.44. The number of hydrogen-bond acceptors (Lipinski definition) is 6. The Hall–Kier alpha value is -2.23. The summed E-state index contributed by atoms with van der Waals surface area (Å²) in [4.78, 5) is 41.5. The lowest BCUT2D eigenvalue weighted by Crippen LogP contribution is -2.43. The average molecular weight is 469 g/mol. The predicted octanol–water partition coefficient (Wildman–Crippen LogP) is 2.90. The largest absolute Gasteiger partial charge is 0.383 e. The Morgan fingerprint density at radius 2 is 1.90 bits per heavy atom. The maximum Gasteiger partial charge on any atom is 0.330 e. The van der Waals surface area contributed by atoms with E-state index in [-0.39, 0.29) is 47.5 Å². The molecule has 1 aromatic carbocycles. The number of benzene rings is 1. The Labute approximate surface area is 190 Å². The van der Waals surface area contributed by atoms with Crippen LogP contribution in [0.4, 0.5) is 11.5 Å². The zero-order chi connectivity index (χ0) is 23.1. The van der Waals surface area contributed by atoms with Crippen LogP contribution in [0, 0.1) is 5.92 Å². The normalized spacial score (nSPS) is 12.2. The monoisotopic (exact) mass is 468 g/mol. The summed E-state index contributed by atoms with van der Waals surface area (Å²) in [6.45, 7) is 6.52. The van der Waals surface area contributed by atoms with Crippen molar-refractivity contribution in [2.45, 2.75) is 32.6 Å². The highest BCUT2D eigenvalue weighted by molar-refractivity contribution is 8.00. The van der Waals surface area contributed by atoms with Crippen LogP contribution in [0.2, 0.25) is 5.02 Å². The Balaban J connectivity index is 2.30. The third-order valence-electron chi connectivity index (χ3n) is 4.65. The van der Waals surface area contributed by atoms with Crippen molar-refractivity contribution < 1.29 is 9.53 Å². The quantitative estimate of drug-likeness (QED) is 0.554. The zero-order valence-electron chi connectivity index (χ0n) is 18.2. The number of nitrogens with two attached hydrogens (primary N) is 1. The number of carbonyl (C=O) groups is 1. The number of aromatic nitrogens is 2. The molecule has 0 radical (unpaired) electrons.